The van der Waals surface area contributed by atoms with Crippen LogP contribution in [0.3, 0.4) is 0 Å². The molecule has 0 saturated heterocycles. The van der Waals surface area contributed by atoms with Crippen LogP contribution in [0.1, 0.15) is 31.0 Å². The van der Waals surface area contributed by atoms with E-state index >= 15 is 0 Å². The molecule has 0 unspecified atom stereocenters. The van der Waals surface area contributed by atoms with Crippen molar-refractivity contribution in [3.8, 4) is 0 Å². The van der Waals surface area contributed by atoms with Crippen molar-refractivity contribution >= 4 is 46.6 Å². The van der Waals surface area contributed by atoms with Crippen molar-refractivity contribution in [1.29, 1.82) is 0 Å². The molecule has 29 heavy (non-hydrogen) atoms. The number of imidazole rings is 1. The maximum Gasteiger partial charge on any atom is 0.328 e. The average molecular weight is 438 g/mol. The molecule has 156 valence electrons. The summed E-state index contributed by atoms with van der Waals surface area (Å²) in [4.78, 5) is 29.8. The van der Waals surface area contributed by atoms with Gasteiger partial charge in [-0.2, -0.15) is 0 Å². The highest BCUT2D eigenvalue weighted by molar-refractivity contribution is 6.35. The third-order valence-corrected chi connectivity index (χ3v) is 5.27. The van der Waals surface area contributed by atoms with Crippen LogP contribution in [0.4, 0.5) is 5.82 Å². The molecule has 9 heteroatoms. The van der Waals surface area contributed by atoms with Gasteiger partial charge in [0.1, 0.15) is 12.4 Å². The van der Waals surface area contributed by atoms with Crippen LogP contribution in [0.2, 0.25) is 10.0 Å². The minimum atomic E-state index is -0.313. The number of hydrogen-bond acceptors (Lipinski definition) is 4. The van der Waals surface area contributed by atoms with Crippen LogP contribution in [-0.2, 0) is 11.3 Å². The molecule has 1 aliphatic rings. The highest BCUT2D eigenvalue weighted by Gasteiger charge is 2.25. The Kier molecular flexibility index (Phi) is 7.05. The van der Waals surface area contributed by atoms with Gasteiger partial charge in [0.25, 0.3) is 0 Å². The predicted octanol–water partition coefficient (Wildman–Crippen LogP) is 2.72. The fourth-order valence-electron chi connectivity index (χ4n) is 3.44. The maximum atomic E-state index is 12.5. The largest absolute Gasteiger partial charge is 0.355 e. The lowest BCUT2D eigenvalue weighted by Crippen LogP contribution is -2.36. The number of nitrogens with zero attached hydrogens (tertiary/aromatic N) is 2. The van der Waals surface area contributed by atoms with E-state index in [0.717, 1.165) is 24.0 Å². The number of hydrogen-bond donors (Lipinski definition) is 3. The summed E-state index contributed by atoms with van der Waals surface area (Å²) in [5.41, 5.74) is 7.71. The van der Waals surface area contributed by atoms with Crippen LogP contribution in [0.15, 0.2) is 23.0 Å². The van der Waals surface area contributed by atoms with E-state index in [1.54, 1.807) is 6.07 Å². The van der Waals surface area contributed by atoms with E-state index in [4.69, 9.17) is 28.9 Å². The third-order valence-electron chi connectivity index (χ3n) is 4.83. The molecule has 4 N–H and O–H groups in total. The lowest BCUT2D eigenvalue weighted by atomic mass is 10.0. The van der Waals surface area contributed by atoms with Crippen molar-refractivity contribution in [3.63, 3.8) is 0 Å². The van der Waals surface area contributed by atoms with E-state index in [-0.39, 0.29) is 18.1 Å². The summed E-state index contributed by atoms with van der Waals surface area (Å²) < 4.78 is 1.48. The number of benzene rings is 1. The summed E-state index contributed by atoms with van der Waals surface area (Å²) in [7, 11) is 0. The second kappa shape index (κ2) is 9.52. The van der Waals surface area contributed by atoms with Crippen LogP contribution >= 0.6 is 23.2 Å². The number of anilines is 1. The van der Waals surface area contributed by atoms with Crippen LogP contribution in [0.5, 0.6) is 0 Å². The Labute approximate surface area is 179 Å². The topological polar surface area (TPSA) is 96.1 Å². The van der Waals surface area contributed by atoms with Crippen molar-refractivity contribution in [2.24, 2.45) is 5.73 Å². The first-order valence-corrected chi connectivity index (χ1v) is 10.4. The number of nitrogens with one attached hydrogen (secondary N) is 2. The first-order valence-electron chi connectivity index (χ1n) is 9.64. The average Bonchev–Trinajstić information content (AvgIpc) is 2.99. The fraction of sp³-hybridized carbons (Fsp3) is 0.400. The molecule has 0 atom stereocenters. The van der Waals surface area contributed by atoms with Gasteiger partial charge in [-0.15, -0.1) is 0 Å². The second-order valence-corrected chi connectivity index (χ2v) is 7.81. The number of aromatic amines is 1. The number of carbonyl (C=O) groups is 1. The summed E-state index contributed by atoms with van der Waals surface area (Å²) in [6, 6.07) is 5.38. The van der Waals surface area contributed by atoms with Gasteiger partial charge in [0.05, 0.1) is 5.69 Å². The normalized spacial score (nSPS) is 13.2. The molecule has 3 rings (SSSR count). The number of aromatic nitrogens is 2. The number of nitrogens with two attached hydrogens (primary N) is 1. The number of unbranched alkanes of at least 4 members (excludes halogenated alkanes) is 1. The Balaban J connectivity index is 1.88. The van der Waals surface area contributed by atoms with Gasteiger partial charge < -0.3 is 20.9 Å². The molecule has 0 bridgehead atoms. The molecule has 2 aromatic rings. The minimum Gasteiger partial charge on any atom is -0.355 e. The first-order chi connectivity index (χ1) is 13.9. The molecule has 0 fully saturated rings. The summed E-state index contributed by atoms with van der Waals surface area (Å²) in [5, 5.41) is 3.95. The Hall–Kier alpha value is -2.22. The number of likely N-dealkylation sites (N-methyl/N-ethyl adjacent to an activating group) is 1. The highest BCUT2D eigenvalue weighted by Crippen LogP contribution is 2.33. The summed E-state index contributed by atoms with van der Waals surface area (Å²) >= 11 is 12.3. The Morgan fingerprint density at radius 1 is 1.24 bits per heavy atom. The van der Waals surface area contributed by atoms with Gasteiger partial charge in [0.2, 0.25) is 5.91 Å². The van der Waals surface area contributed by atoms with Crippen LogP contribution in [0, 0.1) is 0 Å². The number of amides is 1. The molecule has 1 amide bonds. The maximum absolute atomic E-state index is 12.5. The Morgan fingerprint density at radius 3 is 2.62 bits per heavy atom. The smallest absolute Gasteiger partial charge is 0.328 e. The van der Waals surface area contributed by atoms with E-state index < -0.39 is 0 Å². The van der Waals surface area contributed by atoms with E-state index in [1.807, 2.05) is 25.1 Å². The third kappa shape index (κ3) is 5.04. The van der Waals surface area contributed by atoms with Crippen molar-refractivity contribution in [1.82, 2.24) is 14.9 Å². The van der Waals surface area contributed by atoms with Crippen molar-refractivity contribution in [2.75, 3.05) is 31.1 Å². The van der Waals surface area contributed by atoms with Crippen molar-refractivity contribution in [3.05, 3.63) is 50.0 Å². The summed E-state index contributed by atoms with van der Waals surface area (Å²) in [6.07, 6.45) is 3.59. The summed E-state index contributed by atoms with van der Waals surface area (Å²) in [5.74, 6) is 0.518. The van der Waals surface area contributed by atoms with Crippen molar-refractivity contribution in [2.45, 2.75) is 26.3 Å². The zero-order valence-corrected chi connectivity index (χ0v) is 17.8. The quantitative estimate of drug-likeness (QED) is 0.553. The zero-order chi connectivity index (χ0) is 21.0. The van der Waals surface area contributed by atoms with Crippen LogP contribution in [-0.4, -0.2) is 41.6 Å². The standard InChI is InChI=1S/C20H25Cl2N5O2/c1-2-26-11-14(13-7-15(21)10-16(22)8-13)9-17-19(26)27(20(29)25-17)12-18(28)24-6-4-3-5-23/h7-10H,2-6,11-12,23H2,1H3,(H,24,28)(H,25,29). The van der Waals surface area contributed by atoms with Crippen LogP contribution < -0.4 is 21.6 Å². The number of halogens is 2. The van der Waals surface area contributed by atoms with Gasteiger partial charge in [-0.05, 0) is 61.7 Å². The van der Waals surface area contributed by atoms with Crippen LogP contribution in [0.25, 0.3) is 11.6 Å². The number of carbonyl (C=O) groups excluding carboxylic acids is 1. The summed E-state index contributed by atoms with van der Waals surface area (Å²) in [6.45, 7) is 4.37. The number of fused-ring (bicyclic) bond motifs is 1. The Morgan fingerprint density at radius 2 is 1.97 bits per heavy atom. The molecule has 2 heterocycles. The van der Waals surface area contributed by atoms with Crippen molar-refractivity contribution < 1.29 is 4.79 Å². The first kappa shape index (κ1) is 21.5. The lowest BCUT2D eigenvalue weighted by molar-refractivity contribution is -0.121. The molecule has 1 aromatic heterocycles. The Bertz CT molecular complexity index is 959. The van der Waals surface area contributed by atoms with Gasteiger partial charge in [0, 0.05) is 29.7 Å². The lowest BCUT2D eigenvalue weighted by Gasteiger charge is -2.29. The highest BCUT2D eigenvalue weighted by atomic mass is 35.5. The molecule has 7 nitrogen and oxygen atoms in total. The number of H-pyrrole nitrogens is 1. The van der Waals surface area contributed by atoms with Gasteiger partial charge in [-0.25, -0.2) is 4.79 Å². The van der Waals surface area contributed by atoms with E-state index in [9.17, 15) is 9.59 Å². The second-order valence-electron chi connectivity index (χ2n) is 6.94. The monoisotopic (exact) mass is 437 g/mol. The molecular weight excluding hydrogens is 413 g/mol. The predicted molar refractivity (Wildman–Crippen MR) is 119 cm³/mol. The molecular formula is C20H25Cl2N5O2. The SMILES string of the molecule is CCN1CC(c2cc(Cl)cc(Cl)c2)=Cc2[nH]c(=O)n(CC(=O)NCCCCN)c21. The van der Waals surface area contributed by atoms with E-state index in [2.05, 4.69) is 15.2 Å². The van der Waals surface area contributed by atoms with Gasteiger partial charge in [-0.1, -0.05) is 23.2 Å². The van der Waals surface area contributed by atoms with Gasteiger partial charge in [-0.3, -0.25) is 9.36 Å². The minimum absolute atomic E-state index is 0.0318. The molecule has 0 spiro atoms. The van der Waals surface area contributed by atoms with Gasteiger partial charge >= 0.3 is 5.69 Å². The zero-order valence-electron chi connectivity index (χ0n) is 16.3. The number of rotatable bonds is 8. The molecule has 0 aliphatic carbocycles. The molecule has 0 radical (unpaired) electrons. The molecule has 1 aromatic carbocycles. The molecule has 1 aliphatic heterocycles. The van der Waals surface area contributed by atoms with Gasteiger partial charge in [0.15, 0.2) is 0 Å². The fourth-order valence-corrected chi connectivity index (χ4v) is 3.97. The molecule has 0 saturated carbocycles. The van der Waals surface area contributed by atoms with E-state index in [0.29, 0.717) is 47.7 Å². The van der Waals surface area contributed by atoms with E-state index in [1.165, 1.54) is 4.57 Å².